The number of pyridine rings is 2. The van der Waals surface area contributed by atoms with Gasteiger partial charge in [-0.05, 0) is 155 Å². The van der Waals surface area contributed by atoms with Crippen LogP contribution in [0.2, 0.25) is 0 Å². The highest BCUT2D eigenvalue weighted by Gasteiger charge is 2.39. The first-order valence-corrected chi connectivity index (χ1v) is 32.4. The van der Waals surface area contributed by atoms with Crippen LogP contribution in [0.1, 0.15) is 115 Å². The summed E-state index contributed by atoms with van der Waals surface area (Å²) in [5.41, 5.74) is 22.7. The zero-order chi connectivity index (χ0) is 72.1. The van der Waals surface area contributed by atoms with E-state index in [0.717, 1.165) is 66.1 Å². The minimum atomic E-state index is -5.08. The van der Waals surface area contributed by atoms with Crippen molar-refractivity contribution in [3.05, 3.63) is 142 Å². The van der Waals surface area contributed by atoms with Crippen molar-refractivity contribution in [1.82, 2.24) is 36.6 Å². The summed E-state index contributed by atoms with van der Waals surface area (Å²) in [6.45, 7) is 18.1. The van der Waals surface area contributed by atoms with Crippen molar-refractivity contribution in [3.8, 4) is 23.0 Å². The van der Waals surface area contributed by atoms with Crippen LogP contribution < -0.4 is 67.6 Å². The molecule has 5 heterocycles. The number of aromatic nitrogens is 2. The molecule has 5 aromatic carbocycles. The third-order valence-corrected chi connectivity index (χ3v) is 16.7. The minimum Gasteiger partial charge on any atom is -0.490 e. The largest absolute Gasteiger partial charge is 0.490 e. The number of piperidine rings is 1. The van der Waals surface area contributed by atoms with Crippen molar-refractivity contribution in [2.24, 2.45) is 23.3 Å². The predicted octanol–water partition coefficient (Wildman–Crippen LogP) is 10.1. The topological polar surface area (TPSA) is 342 Å². The Kier molecular flexibility index (Phi) is 27.4. The van der Waals surface area contributed by atoms with E-state index < -0.39 is 36.1 Å². The number of ether oxygens (including phenoxy) is 4. The molecule has 3 atom stereocenters. The molecule has 2 aromatic heterocycles. The molecule has 4 amide bonds. The molecule has 0 bridgehead atoms. The predicted molar refractivity (Wildman–Crippen MR) is 361 cm³/mol. The SMILES string of the molecule is CCOc1cc2ncc(C(N)=O)c(Nc3cccc(CNC(=O)[C@@H]4CC(C5CCNCC5)CN4)c3CC)c2cc1OCC.CCOc1cc2ncc(C(N)=O)c(Nc3cccc(CNC(=O)[C@@H]4Cc5ccccc5CN4)c3CC)c2cc1OCC.O=C(O)C(F)(F)F.O=C(O)C(F)(F)F. The molecule has 7 aromatic rings. The first kappa shape index (κ1) is 76.4. The van der Waals surface area contributed by atoms with E-state index in [1.165, 1.54) is 36.4 Å². The maximum Gasteiger partial charge on any atom is 0.490 e. The highest BCUT2D eigenvalue weighted by Crippen LogP contribution is 2.41. The molecule has 0 radical (unpaired) electrons. The summed E-state index contributed by atoms with van der Waals surface area (Å²) in [4.78, 5) is 78.1. The van der Waals surface area contributed by atoms with Crippen molar-refractivity contribution in [1.29, 1.82) is 0 Å². The molecule has 10 rings (SSSR count). The maximum absolute atomic E-state index is 13.2. The lowest BCUT2D eigenvalue weighted by Gasteiger charge is -2.27. The van der Waals surface area contributed by atoms with Gasteiger partial charge in [0.25, 0.3) is 11.8 Å². The van der Waals surface area contributed by atoms with E-state index in [1.54, 1.807) is 0 Å². The van der Waals surface area contributed by atoms with Crippen LogP contribution in [0.4, 0.5) is 49.1 Å². The van der Waals surface area contributed by atoms with E-state index in [4.69, 9.17) is 50.2 Å². The van der Waals surface area contributed by atoms with E-state index in [1.807, 2.05) is 100 Å². The molecule has 3 aliphatic rings. The molecule has 99 heavy (non-hydrogen) atoms. The molecule has 532 valence electrons. The second kappa shape index (κ2) is 35.5. The second-order valence-electron chi connectivity index (χ2n) is 23.0. The Morgan fingerprint density at radius 3 is 1.37 bits per heavy atom. The van der Waals surface area contributed by atoms with Gasteiger partial charge in [-0.15, -0.1) is 0 Å². The van der Waals surface area contributed by atoms with Crippen LogP contribution >= 0.6 is 0 Å². The number of halogens is 6. The number of nitrogens with one attached hydrogen (secondary N) is 7. The Balaban J connectivity index is 0.000000233. The first-order valence-electron chi connectivity index (χ1n) is 32.4. The zero-order valence-electron chi connectivity index (χ0n) is 55.7. The number of carboxylic acids is 2. The molecule has 2 fully saturated rings. The van der Waals surface area contributed by atoms with Gasteiger partial charge in [-0.1, -0.05) is 62.4 Å². The highest BCUT2D eigenvalue weighted by molar-refractivity contribution is 6.09. The number of alkyl halides is 6. The fourth-order valence-corrected chi connectivity index (χ4v) is 11.9. The lowest BCUT2D eigenvalue weighted by Crippen LogP contribution is -2.47. The van der Waals surface area contributed by atoms with E-state index >= 15 is 0 Å². The number of nitrogens with two attached hydrogens (primary N) is 2. The number of hydrogen-bond acceptors (Lipinski definition) is 17. The number of amides is 4. The summed E-state index contributed by atoms with van der Waals surface area (Å²) in [5.74, 6) is -3.14. The van der Waals surface area contributed by atoms with Crippen LogP contribution in [-0.4, -0.2) is 126 Å². The normalized spacial score (nSPS) is 15.8. The summed E-state index contributed by atoms with van der Waals surface area (Å²) >= 11 is 0. The van der Waals surface area contributed by atoms with Gasteiger partial charge in [0.1, 0.15) is 0 Å². The van der Waals surface area contributed by atoms with E-state index in [0.29, 0.717) is 127 Å². The second-order valence-corrected chi connectivity index (χ2v) is 23.0. The smallest absolute Gasteiger partial charge is 0.490 e. The maximum atomic E-state index is 13.2. The van der Waals surface area contributed by atoms with Gasteiger partial charge in [-0.25, -0.2) is 9.59 Å². The van der Waals surface area contributed by atoms with Gasteiger partial charge in [-0.2, -0.15) is 26.3 Å². The Labute approximate surface area is 567 Å². The molecule has 1 unspecified atom stereocenters. The molecule has 13 N–H and O–H groups in total. The number of carboxylic acid groups (broad SMARTS) is 2. The third-order valence-electron chi connectivity index (χ3n) is 16.7. The molecule has 23 nitrogen and oxygen atoms in total. The molecule has 0 aliphatic carbocycles. The third kappa shape index (κ3) is 20.3. The van der Waals surface area contributed by atoms with Gasteiger partial charge in [0, 0.05) is 66.3 Å². The van der Waals surface area contributed by atoms with E-state index in [9.17, 15) is 45.5 Å². The van der Waals surface area contributed by atoms with Crippen LogP contribution in [0.5, 0.6) is 23.0 Å². The van der Waals surface area contributed by atoms with Crippen molar-refractivity contribution in [2.75, 3.05) is 56.7 Å². The Morgan fingerprint density at radius 2 is 0.970 bits per heavy atom. The van der Waals surface area contributed by atoms with Crippen molar-refractivity contribution in [3.63, 3.8) is 0 Å². The van der Waals surface area contributed by atoms with Crippen LogP contribution in [0.25, 0.3) is 21.8 Å². The highest BCUT2D eigenvalue weighted by atomic mass is 19.4. The van der Waals surface area contributed by atoms with Crippen molar-refractivity contribution in [2.45, 2.75) is 124 Å². The monoisotopic (exact) mass is 1380 g/mol. The molecule has 0 spiro atoms. The summed E-state index contributed by atoms with van der Waals surface area (Å²) < 4.78 is 86.7. The molecule has 0 saturated carbocycles. The van der Waals surface area contributed by atoms with Gasteiger partial charge >= 0.3 is 24.3 Å². The van der Waals surface area contributed by atoms with Gasteiger partial charge in [-0.3, -0.25) is 29.1 Å². The molecule has 29 heteroatoms. The van der Waals surface area contributed by atoms with Crippen molar-refractivity contribution >= 4 is 80.1 Å². The van der Waals surface area contributed by atoms with E-state index in [2.05, 4.69) is 73.2 Å². The fraction of sp³-hybridized carbons (Fsp3) is 0.400. The number of carbonyl (C=O) groups is 6. The van der Waals surface area contributed by atoms with Crippen LogP contribution in [0.15, 0.2) is 97.3 Å². The fourth-order valence-electron chi connectivity index (χ4n) is 11.9. The lowest BCUT2D eigenvalue weighted by molar-refractivity contribution is -0.193. The van der Waals surface area contributed by atoms with Gasteiger partial charge < -0.3 is 77.8 Å². The standard InChI is InChI=1S/C33H44N6O4.C33H37N5O4.2C2HF3O2/c1-4-23-21(17-38-33(41)28-14-22(18-36-28)20-10-12-35-13-11-20)8-7-9-26(23)39-31-24-15-29(42-5-2)30(43-6-3)16-27(24)37-19-25(31)32(34)40;1-4-23-22(18-37-33(40)28-14-20-10-7-8-11-21(20)17-35-28)12-9-13-26(23)38-31-24-15-29(41-5-2)30(42-6-3)16-27(24)36-19-25(31)32(34)39;2*3-2(4,5)1(6)7/h7-9,15-16,19-20,22,28,35-36H,4-6,10-14,17-18H2,1-3H3,(H2,34,40)(H,37,39)(H,38,41);7-13,15-16,19,28,35H,4-6,14,17-18H2,1-3H3,(H2,34,39)(H,36,38)(H,37,40);2*(H,6,7)/t22?,28-;28-;;/m00../s1. The van der Waals surface area contributed by atoms with E-state index in [-0.39, 0.29) is 35.0 Å². The number of anilines is 4. The lowest BCUT2D eigenvalue weighted by atomic mass is 9.83. The zero-order valence-corrected chi connectivity index (χ0v) is 55.7. The minimum absolute atomic E-state index is 0.0328. The number of primary amides is 2. The Morgan fingerprint density at radius 1 is 0.556 bits per heavy atom. The van der Waals surface area contributed by atoms with Crippen LogP contribution in [0, 0.1) is 11.8 Å². The number of fused-ring (bicyclic) bond motifs is 3. The van der Waals surface area contributed by atoms with Crippen molar-refractivity contribution < 1.29 is 84.3 Å². The number of rotatable bonds is 23. The Hall–Kier alpha value is -10.0. The summed E-state index contributed by atoms with van der Waals surface area (Å²) in [7, 11) is 0. The summed E-state index contributed by atoms with van der Waals surface area (Å²) in [6.07, 6.45) is -1.85. The summed E-state index contributed by atoms with van der Waals surface area (Å²) in [5, 5.41) is 39.1. The number of aliphatic carboxylic acids is 2. The first-order chi connectivity index (χ1) is 47.2. The molecule has 2 saturated heterocycles. The van der Waals surface area contributed by atoms with Gasteiger partial charge in [0.15, 0.2) is 23.0 Å². The summed E-state index contributed by atoms with van der Waals surface area (Å²) in [6, 6.07) is 26.9. The number of carbonyl (C=O) groups excluding carboxylic acids is 4. The average molecular weight is 1380 g/mol. The molecular formula is C70H83F6N11O12. The quantitative estimate of drug-likeness (QED) is 0.0265. The Bertz CT molecular complexity index is 3980. The van der Waals surface area contributed by atoms with Crippen LogP contribution in [0.3, 0.4) is 0 Å². The van der Waals surface area contributed by atoms with Gasteiger partial charge in [0.05, 0.1) is 72.0 Å². The number of hydrogen-bond donors (Lipinski definition) is 11. The molecular weight excluding hydrogens is 1300 g/mol. The van der Waals surface area contributed by atoms with Gasteiger partial charge in [0.2, 0.25) is 11.8 Å². The number of benzene rings is 5. The molecule has 3 aliphatic heterocycles. The van der Waals surface area contributed by atoms with Crippen LogP contribution in [-0.2, 0) is 58.1 Å². The average Bonchev–Trinajstić information content (AvgIpc) is 1.25. The number of nitrogens with zero attached hydrogens (tertiary/aromatic N) is 2.